The number of likely N-dealkylation sites (tertiary alicyclic amines) is 2. The Hall–Kier alpha value is -2.97. The van der Waals surface area contributed by atoms with Crippen LogP contribution in [-0.2, 0) is 19.6 Å². The van der Waals surface area contributed by atoms with E-state index in [0.29, 0.717) is 24.1 Å². The fraction of sp³-hybridized carbons (Fsp3) is 0.567. The molecule has 1 aliphatic carbocycles. The predicted molar refractivity (Wildman–Crippen MR) is 147 cm³/mol. The third kappa shape index (κ3) is 6.02. The number of benzene rings is 1. The number of carbonyl (C=O) groups excluding carboxylic acids is 1. The Kier molecular flexibility index (Phi) is 7.60. The highest BCUT2D eigenvalue weighted by Gasteiger charge is 2.40. The summed E-state index contributed by atoms with van der Waals surface area (Å²) < 4.78 is 0. The van der Waals surface area contributed by atoms with Crippen molar-refractivity contribution < 1.29 is 4.79 Å². The number of aromatic amines is 2. The predicted octanol–water partition coefficient (Wildman–Crippen LogP) is 4.45. The highest BCUT2D eigenvalue weighted by molar-refractivity contribution is 5.94. The molecule has 1 saturated carbocycles. The number of hydrogen-bond acceptors (Lipinski definition) is 5. The molecular formula is C30H41N7O. The van der Waals surface area contributed by atoms with E-state index in [1.54, 1.807) is 29.7 Å². The second-order valence-electron chi connectivity index (χ2n) is 11.8. The average Bonchev–Trinajstić information content (AvgIpc) is 3.76. The number of carbonyl (C=O) groups is 1. The fourth-order valence-electron chi connectivity index (χ4n) is 6.86. The lowest BCUT2D eigenvalue weighted by atomic mass is 9.77. The van der Waals surface area contributed by atoms with E-state index in [2.05, 4.69) is 41.9 Å². The Morgan fingerprint density at radius 1 is 0.895 bits per heavy atom. The minimum atomic E-state index is -0.0207. The number of hydrogen-bond donors (Lipinski definition) is 2. The van der Waals surface area contributed by atoms with Crippen molar-refractivity contribution in [2.24, 2.45) is 11.3 Å². The van der Waals surface area contributed by atoms with Crippen LogP contribution in [0.25, 0.3) is 0 Å². The zero-order valence-electron chi connectivity index (χ0n) is 22.4. The summed E-state index contributed by atoms with van der Waals surface area (Å²) in [6.45, 7) is 8.10. The molecule has 8 nitrogen and oxygen atoms in total. The lowest BCUT2D eigenvalue weighted by Crippen LogP contribution is -2.41. The molecule has 3 aromatic rings. The van der Waals surface area contributed by atoms with Gasteiger partial charge in [0.2, 0.25) is 0 Å². The summed E-state index contributed by atoms with van der Waals surface area (Å²) in [6, 6.07) is 8.18. The van der Waals surface area contributed by atoms with E-state index < -0.39 is 0 Å². The maximum Gasteiger partial charge on any atom is 0.254 e. The molecule has 1 amide bonds. The zero-order chi connectivity index (χ0) is 25.8. The number of imidazole rings is 2. The largest absolute Gasteiger partial charge is 0.347 e. The lowest BCUT2D eigenvalue weighted by molar-refractivity contribution is 0.0721. The highest BCUT2D eigenvalue weighted by Crippen LogP contribution is 2.41. The molecule has 0 bridgehead atoms. The molecule has 0 radical (unpaired) electrons. The van der Waals surface area contributed by atoms with E-state index in [9.17, 15) is 4.79 Å². The molecule has 1 aromatic carbocycles. The van der Waals surface area contributed by atoms with Crippen LogP contribution >= 0.6 is 0 Å². The standard InChI is InChI=1S/C30H41N7O/c38-29(37(21-27-31-12-13-32-27)22-28-33-14-15-34-28)26-7-5-25(6-8-26)19-35-16-9-30(10-17-35)11-18-36(23-30)20-24-3-1-2-4-24/h5-8,12-15,24H,1-4,9-11,16-23H2,(H,31,32)(H,33,34). The van der Waals surface area contributed by atoms with Gasteiger partial charge in [0, 0.05) is 50.0 Å². The van der Waals surface area contributed by atoms with Crippen LogP contribution in [0.2, 0.25) is 0 Å². The first-order valence-corrected chi connectivity index (χ1v) is 14.4. The van der Waals surface area contributed by atoms with Crippen molar-refractivity contribution in [3.8, 4) is 0 Å². The van der Waals surface area contributed by atoms with Gasteiger partial charge in [-0.3, -0.25) is 9.69 Å². The summed E-state index contributed by atoms with van der Waals surface area (Å²) >= 11 is 0. The molecular weight excluding hydrogens is 474 g/mol. The molecule has 3 fully saturated rings. The van der Waals surface area contributed by atoms with Crippen molar-refractivity contribution in [1.82, 2.24) is 34.6 Å². The Morgan fingerprint density at radius 3 is 2.08 bits per heavy atom. The molecule has 1 spiro atoms. The quantitative estimate of drug-likeness (QED) is 0.440. The van der Waals surface area contributed by atoms with Crippen LogP contribution in [0.5, 0.6) is 0 Å². The van der Waals surface area contributed by atoms with Crippen molar-refractivity contribution in [2.45, 2.75) is 64.6 Å². The maximum atomic E-state index is 13.4. The monoisotopic (exact) mass is 515 g/mol. The number of H-pyrrole nitrogens is 2. The van der Waals surface area contributed by atoms with Gasteiger partial charge in [0.15, 0.2) is 0 Å². The van der Waals surface area contributed by atoms with Gasteiger partial charge in [0.1, 0.15) is 11.6 Å². The summed E-state index contributed by atoms with van der Waals surface area (Å²) in [5.74, 6) is 2.46. The van der Waals surface area contributed by atoms with Crippen molar-refractivity contribution in [1.29, 1.82) is 0 Å². The van der Waals surface area contributed by atoms with E-state index in [-0.39, 0.29) is 5.91 Å². The molecule has 6 rings (SSSR count). The van der Waals surface area contributed by atoms with E-state index >= 15 is 0 Å². The smallest absolute Gasteiger partial charge is 0.254 e. The van der Waals surface area contributed by atoms with Crippen LogP contribution in [0.4, 0.5) is 0 Å². The van der Waals surface area contributed by atoms with Crippen LogP contribution in [0.3, 0.4) is 0 Å². The SMILES string of the molecule is O=C(c1ccc(CN2CCC3(CC2)CCN(CC2CCCC2)C3)cc1)N(Cc1ncc[nH]1)Cc1ncc[nH]1. The molecule has 2 N–H and O–H groups in total. The van der Waals surface area contributed by atoms with Gasteiger partial charge in [-0.05, 0) is 80.8 Å². The highest BCUT2D eigenvalue weighted by atomic mass is 16.2. The molecule has 2 aromatic heterocycles. The molecule has 2 aliphatic heterocycles. The Balaban J connectivity index is 1.02. The van der Waals surface area contributed by atoms with Crippen molar-refractivity contribution >= 4 is 5.91 Å². The second-order valence-corrected chi connectivity index (χ2v) is 11.8. The minimum absolute atomic E-state index is 0.0207. The summed E-state index contributed by atoms with van der Waals surface area (Å²) in [5, 5.41) is 0. The second kappa shape index (κ2) is 11.4. The average molecular weight is 516 g/mol. The topological polar surface area (TPSA) is 84.2 Å². The van der Waals surface area contributed by atoms with Crippen molar-refractivity contribution in [3.63, 3.8) is 0 Å². The normalized spacial score (nSPS) is 20.4. The number of piperidine rings is 1. The summed E-state index contributed by atoms with van der Waals surface area (Å²) in [5.41, 5.74) is 2.52. The van der Waals surface area contributed by atoms with E-state index in [4.69, 9.17) is 0 Å². The van der Waals surface area contributed by atoms with Gasteiger partial charge in [-0.15, -0.1) is 0 Å². The Bertz CT molecular complexity index is 1110. The summed E-state index contributed by atoms with van der Waals surface area (Å²) in [7, 11) is 0. The first-order chi connectivity index (χ1) is 18.6. The fourth-order valence-corrected chi connectivity index (χ4v) is 6.86. The molecule has 2 saturated heterocycles. The minimum Gasteiger partial charge on any atom is -0.347 e. The van der Waals surface area contributed by atoms with E-state index in [1.165, 1.54) is 83.2 Å². The molecule has 8 heteroatoms. The Labute approximate surface area is 225 Å². The van der Waals surface area contributed by atoms with Gasteiger partial charge in [-0.25, -0.2) is 9.97 Å². The molecule has 0 unspecified atom stereocenters. The maximum absolute atomic E-state index is 13.4. The zero-order valence-corrected chi connectivity index (χ0v) is 22.4. The third-order valence-electron chi connectivity index (χ3n) is 9.11. The number of nitrogens with one attached hydrogen (secondary N) is 2. The summed E-state index contributed by atoms with van der Waals surface area (Å²) in [4.78, 5) is 35.4. The number of amides is 1. The lowest BCUT2D eigenvalue weighted by Gasteiger charge is -2.39. The number of nitrogens with zero attached hydrogens (tertiary/aromatic N) is 5. The molecule has 3 aliphatic rings. The Morgan fingerprint density at radius 2 is 1.50 bits per heavy atom. The van der Waals surface area contributed by atoms with Crippen LogP contribution in [-0.4, -0.2) is 73.3 Å². The van der Waals surface area contributed by atoms with Crippen LogP contribution in [0.1, 0.15) is 72.5 Å². The first kappa shape index (κ1) is 25.3. The van der Waals surface area contributed by atoms with Crippen LogP contribution < -0.4 is 0 Å². The van der Waals surface area contributed by atoms with Gasteiger partial charge in [0.25, 0.3) is 5.91 Å². The van der Waals surface area contributed by atoms with E-state index in [1.807, 2.05) is 12.1 Å². The number of aromatic nitrogens is 4. The molecule has 202 valence electrons. The first-order valence-electron chi connectivity index (χ1n) is 14.4. The van der Waals surface area contributed by atoms with Crippen LogP contribution in [0, 0.1) is 11.3 Å². The van der Waals surface area contributed by atoms with Crippen LogP contribution in [0.15, 0.2) is 49.1 Å². The van der Waals surface area contributed by atoms with Gasteiger partial charge in [-0.1, -0.05) is 25.0 Å². The molecule has 4 heterocycles. The van der Waals surface area contributed by atoms with Gasteiger partial charge in [0.05, 0.1) is 13.1 Å². The van der Waals surface area contributed by atoms with E-state index in [0.717, 1.165) is 24.1 Å². The molecule has 0 atom stereocenters. The molecule has 38 heavy (non-hydrogen) atoms. The van der Waals surface area contributed by atoms with Crippen molar-refractivity contribution in [3.05, 3.63) is 71.8 Å². The van der Waals surface area contributed by atoms with Gasteiger partial charge < -0.3 is 19.8 Å². The van der Waals surface area contributed by atoms with Gasteiger partial charge >= 0.3 is 0 Å². The van der Waals surface area contributed by atoms with Gasteiger partial charge in [-0.2, -0.15) is 0 Å². The number of rotatable bonds is 9. The third-order valence-corrected chi connectivity index (χ3v) is 9.11. The van der Waals surface area contributed by atoms with Crippen molar-refractivity contribution in [2.75, 3.05) is 32.7 Å². The summed E-state index contributed by atoms with van der Waals surface area (Å²) in [6.07, 6.45) is 16.8.